The molecule has 3 heterocycles. The lowest BCUT2D eigenvalue weighted by Crippen LogP contribution is -2.32. The van der Waals surface area contributed by atoms with Gasteiger partial charge in [0.25, 0.3) is 0 Å². The van der Waals surface area contributed by atoms with Crippen molar-refractivity contribution >= 4 is 10.9 Å². The van der Waals surface area contributed by atoms with Crippen LogP contribution in [0.2, 0.25) is 0 Å². The fourth-order valence-corrected chi connectivity index (χ4v) is 9.37. The molecule has 12 rings (SSSR count). The van der Waals surface area contributed by atoms with Crippen LogP contribution in [-0.4, -0.2) is 19.9 Å². The van der Waals surface area contributed by atoms with Crippen LogP contribution in [0.4, 0.5) is 0 Å². The number of ether oxygens (including phenoxy) is 1. The minimum atomic E-state index is -0.585. The molecule has 0 atom stereocenters. The van der Waals surface area contributed by atoms with E-state index in [1.54, 1.807) is 0 Å². The Hall–Kier alpha value is -8.02. The average Bonchev–Trinajstić information content (AvgIpc) is 3.61. The molecule has 0 amide bonds. The second-order valence-electron chi connectivity index (χ2n) is 15.4. The molecular formula is C55H34N4O. The highest BCUT2D eigenvalue weighted by atomic mass is 16.5. The van der Waals surface area contributed by atoms with Crippen LogP contribution >= 0.6 is 0 Å². The lowest BCUT2D eigenvalue weighted by atomic mass is 9.66. The molecule has 2 aromatic heterocycles. The van der Waals surface area contributed by atoms with Gasteiger partial charge in [0.2, 0.25) is 0 Å². The molecule has 5 heteroatoms. The zero-order chi connectivity index (χ0) is 39.6. The fourth-order valence-electron chi connectivity index (χ4n) is 9.37. The zero-order valence-electron chi connectivity index (χ0n) is 32.3. The maximum Gasteiger partial charge on any atom is 0.164 e. The van der Waals surface area contributed by atoms with Gasteiger partial charge in [0.1, 0.15) is 11.5 Å². The first-order valence-electron chi connectivity index (χ1n) is 20.2. The second-order valence-corrected chi connectivity index (χ2v) is 15.4. The smallest absolute Gasteiger partial charge is 0.164 e. The van der Waals surface area contributed by atoms with Crippen molar-refractivity contribution in [3.8, 4) is 79.0 Å². The summed E-state index contributed by atoms with van der Waals surface area (Å²) in [5, 5.41) is 1.12. The van der Waals surface area contributed by atoms with Gasteiger partial charge in [-0.15, -0.1) is 0 Å². The summed E-state index contributed by atoms with van der Waals surface area (Å²) in [4.78, 5) is 19.8. The molecule has 60 heavy (non-hydrogen) atoms. The van der Waals surface area contributed by atoms with Crippen molar-refractivity contribution in [2.24, 2.45) is 0 Å². The van der Waals surface area contributed by atoms with Gasteiger partial charge in [-0.2, -0.15) is 0 Å². The average molecular weight is 767 g/mol. The van der Waals surface area contributed by atoms with Crippen molar-refractivity contribution in [1.82, 2.24) is 19.9 Å². The summed E-state index contributed by atoms with van der Waals surface area (Å²) in [6.45, 7) is 0. The summed E-state index contributed by atoms with van der Waals surface area (Å²) < 4.78 is 6.63. The minimum absolute atomic E-state index is 0.585. The molecule has 1 aliphatic carbocycles. The molecule has 0 N–H and O–H groups in total. The third-order valence-corrected chi connectivity index (χ3v) is 12.0. The van der Waals surface area contributed by atoms with Crippen molar-refractivity contribution in [1.29, 1.82) is 0 Å². The van der Waals surface area contributed by atoms with Crippen LogP contribution in [-0.2, 0) is 5.41 Å². The third kappa shape index (κ3) is 5.26. The highest BCUT2D eigenvalue weighted by Crippen LogP contribution is 2.62. The largest absolute Gasteiger partial charge is 0.457 e. The van der Waals surface area contributed by atoms with E-state index in [9.17, 15) is 0 Å². The van der Waals surface area contributed by atoms with E-state index in [4.69, 9.17) is 24.7 Å². The Morgan fingerprint density at radius 2 is 0.833 bits per heavy atom. The Balaban J connectivity index is 1.06. The Bertz CT molecular complexity index is 3200. The van der Waals surface area contributed by atoms with Crippen LogP contribution in [0.3, 0.4) is 0 Å². The molecule has 5 nitrogen and oxygen atoms in total. The highest BCUT2D eigenvalue weighted by molar-refractivity contribution is 5.97. The molecule has 0 radical (unpaired) electrons. The van der Waals surface area contributed by atoms with Crippen LogP contribution in [0, 0.1) is 0 Å². The van der Waals surface area contributed by atoms with E-state index in [2.05, 4.69) is 133 Å². The van der Waals surface area contributed by atoms with E-state index in [-0.39, 0.29) is 0 Å². The van der Waals surface area contributed by atoms with Crippen molar-refractivity contribution in [3.05, 3.63) is 229 Å². The predicted molar refractivity (Wildman–Crippen MR) is 240 cm³/mol. The fraction of sp³-hybridized carbons (Fsp3) is 0.0182. The second kappa shape index (κ2) is 13.5. The number of pyridine rings is 1. The van der Waals surface area contributed by atoms with E-state index >= 15 is 0 Å². The summed E-state index contributed by atoms with van der Waals surface area (Å²) in [6, 6.07) is 70.2. The van der Waals surface area contributed by atoms with Crippen molar-refractivity contribution in [2.45, 2.75) is 5.41 Å². The van der Waals surface area contributed by atoms with Crippen molar-refractivity contribution in [2.75, 3.05) is 0 Å². The van der Waals surface area contributed by atoms with Gasteiger partial charge in [0.05, 0.1) is 10.9 Å². The first-order chi connectivity index (χ1) is 29.7. The van der Waals surface area contributed by atoms with Crippen LogP contribution in [0.15, 0.2) is 206 Å². The first-order valence-corrected chi connectivity index (χ1v) is 20.2. The number of fused-ring (bicyclic) bond motifs is 10. The normalized spacial score (nSPS) is 12.9. The summed E-state index contributed by atoms with van der Waals surface area (Å²) >= 11 is 0. The van der Waals surface area contributed by atoms with Gasteiger partial charge in [-0.3, -0.25) is 4.98 Å². The van der Waals surface area contributed by atoms with E-state index in [0.29, 0.717) is 17.5 Å². The molecule has 2 aliphatic rings. The summed E-state index contributed by atoms with van der Waals surface area (Å²) in [6.07, 6.45) is 1.88. The Morgan fingerprint density at radius 1 is 0.333 bits per heavy atom. The molecule has 0 saturated heterocycles. The van der Waals surface area contributed by atoms with Gasteiger partial charge < -0.3 is 4.74 Å². The quantitative estimate of drug-likeness (QED) is 0.175. The maximum atomic E-state index is 6.63. The molecule has 280 valence electrons. The SMILES string of the molecule is c1ccc(-c2nc(-c3ccccc3)nc(-c3cccc(-c4ccc5c(c4)-c4cc(-c6cccc7cccnc67)ccc4C54c5ccccc5Oc5ccccc54)c3)n2)cc1. The maximum absolute atomic E-state index is 6.63. The molecular weight excluding hydrogens is 733 g/mol. The van der Waals surface area contributed by atoms with Gasteiger partial charge in [-0.1, -0.05) is 164 Å². The monoisotopic (exact) mass is 766 g/mol. The molecule has 0 fully saturated rings. The number of hydrogen-bond acceptors (Lipinski definition) is 5. The topological polar surface area (TPSA) is 60.8 Å². The van der Waals surface area contributed by atoms with Crippen LogP contribution in [0.1, 0.15) is 22.3 Å². The van der Waals surface area contributed by atoms with E-state index in [1.807, 2.05) is 72.9 Å². The molecule has 1 aliphatic heterocycles. The molecule has 1 spiro atoms. The van der Waals surface area contributed by atoms with E-state index < -0.39 is 5.41 Å². The van der Waals surface area contributed by atoms with Crippen LogP contribution in [0.5, 0.6) is 11.5 Å². The Morgan fingerprint density at radius 3 is 1.50 bits per heavy atom. The summed E-state index contributed by atoms with van der Waals surface area (Å²) in [5.41, 5.74) is 14.7. The highest BCUT2D eigenvalue weighted by Gasteiger charge is 2.51. The number of para-hydroxylation sites is 3. The van der Waals surface area contributed by atoms with E-state index in [1.165, 1.54) is 22.3 Å². The standard InChI is InChI=1S/C55H34N4O/c1-3-14-36(15-4-1)52-57-53(37-16-5-2-6-17-37)59-54(58-52)41-20-11-19-38(32-41)39-27-29-45-43(33-39)44-34-40(42-22-12-18-35-21-13-31-56-51(35)42)28-30-46(44)55(45)47-23-7-9-25-49(47)60-50-26-10-8-24-48(50)55/h1-34H. The molecule has 0 unspecified atom stereocenters. The lowest BCUT2D eigenvalue weighted by Gasteiger charge is -2.39. The summed E-state index contributed by atoms with van der Waals surface area (Å²) in [7, 11) is 0. The van der Waals surface area contributed by atoms with Gasteiger partial charge in [-0.25, -0.2) is 15.0 Å². The van der Waals surface area contributed by atoms with Crippen molar-refractivity contribution < 1.29 is 4.74 Å². The van der Waals surface area contributed by atoms with Gasteiger partial charge in [0, 0.05) is 45.0 Å². The number of rotatable bonds is 5. The van der Waals surface area contributed by atoms with Crippen molar-refractivity contribution in [3.63, 3.8) is 0 Å². The van der Waals surface area contributed by atoms with Crippen LogP contribution in [0.25, 0.3) is 78.4 Å². The molecule has 0 saturated carbocycles. The Labute approximate surface area is 347 Å². The zero-order valence-corrected chi connectivity index (χ0v) is 32.3. The number of nitrogens with zero attached hydrogens (tertiary/aromatic N) is 4. The lowest BCUT2D eigenvalue weighted by molar-refractivity contribution is 0.436. The number of aromatic nitrogens is 4. The van der Waals surface area contributed by atoms with E-state index in [0.717, 1.165) is 72.5 Å². The predicted octanol–water partition coefficient (Wildman–Crippen LogP) is 13.2. The summed E-state index contributed by atoms with van der Waals surface area (Å²) in [5.74, 6) is 3.64. The number of benzene rings is 8. The first kappa shape index (κ1) is 34.1. The number of hydrogen-bond donors (Lipinski definition) is 0. The minimum Gasteiger partial charge on any atom is -0.457 e. The third-order valence-electron chi connectivity index (χ3n) is 12.0. The van der Waals surface area contributed by atoms with Gasteiger partial charge in [-0.05, 0) is 75.3 Å². The molecule has 8 aromatic carbocycles. The Kier molecular flexibility index (Phi) is 7.69. The molecule has 0 bridgehead atoms. The van der Waals surface area contributed by atoms with Crippen LogP contribution < -0.4 is 4.74 Å². The van der Waals surface area contributed by atoms with Gasteiger partial charge in [0.15, 0.2) is 17.5 Å². The molecule has 10 aromatic rings. The van der Waals surface area contributed by atoms with Gasteiger partial charge >= 0.3 is 0 Å².